The van der Waals surface area contributed by atoms with Crippen LogP contribution < -0.4 is 5.48 Å². The number of aromatic hydroxyl groups is 2. The molecule has 0 aliphatic carbocycles. The average molecular weight is 427 g/mol. The Bertz CT molecular complexity index is 1350. The summed E-state index contributed by atoms with van der Waals surface area (Å²) in [5, 5.41) is 30.2. The Balaban J connectivity index is 1.70. The number of aryl methyl sites for hydroxylation is 2. The molecule has 0 bridgehead atoms. The van der Waals surface area contributed by atoms with Gasteiger partial charge in [-0.05, 0) is 49.1 Å². The highest BCUT2D eigenvalue weighted by Crippen LogP contribution is 2.40. The number of hydrogen-bond acceptors (Lipinski definition) is 7. The summed E-state index contributed by atoms with van der Waals surface area (Å²) in [5.74, 6) is -1.18. The van der Waals surface area contributed by atoms with Crippen LogP contribution in [0.3, 0.4) is 0 Å². The van der Waals surface area contributed by atoms with Gasteiger partial charge < -0.3 is 15.1 Å². The molecule has 0 saturated heterocycles. The van der Waals surface area contributed by atoms with Gasteiger partial charge in [-0.3, -0.25) is 0 Å². The molecule has 0 amide bonds. The smallest absolute Gasteiger partial charge is 0.366 e. The second kappa shape index (κ2) is 8.77. The van der Waals surface area contributed by atoms with Crippen molar-refractivity contribution in [2.75, 3.05) is 5.48 Å². The number of azo groups is 1. The van der Waals surface area contributed by atoms with Crippen LogP contribution in [-0.4, -0.2) is 16.2 Å². The van der Waals surface area contributed by atoms with Crippen molar-refractivity contribution in [3.63, 3.8) is 0 Å². The van der Waals surface area contributed by atoms with Crippen LogP contribution in [0.4, 0.5) is 17.1 Å². The molecule has 4 aromatic carbocycles. The van der Waals surface area contributed by atoms with Gasteiger partial charge in [0, 0.05) is 5.39 Å². The van der Waals surface area contributed by atoms with Crippen molar-refractivity contribution in [1.29, 1.82) is 0 Å². The van der Waals surface area contributed by atoms with Crippen LogP contribution in [0.15, 0.2) is 83.0 Å². The summed E-state index contributed by atoms with van der Waals surface area (Å²) in [5.41, 5.74) is 5.57. The number of para-hydroxylation sites is 1. The standard InChI is InChI=1S/C25H21N3O4/c1-15-11-12-20(16(2)13-15)28-32-25(31)19-14-17-7-3-4-8-18(17)23(24(19)30)27-26-21-9-5-6-10-22(21)29/h3-14,28-30H,1-2H3. The van der Waals surface area contributed by atoms with Gasteiger partial charge in [0.1, 0.15) is 22.7 Å². The second-order valence-electron chi connectivity index (χ2n) is 7.34. The fourth-order valence-corrected chi connectivity index (χ4v) is 3.31. The first-order valence-electron chi connectivity index (χ1n) is 9.93. The summed E-state index contributed by atoms with van der Waals surface area (Å²) in [7, 11) is 0. The highest BCUT2D eigenvalue weighted by Gasteiger charge is 2.20. The molecule has 0 aliphatic heterocycles. The van der Waals surface area contributed by atoms with E-state index in [2.05, 4.69) is 15.7 Å². The summed E-state index contributed by atoms with van der Waals surface area (Å²) >= 11 is 0. The van der Waals surface area contributed by atoms with E-state index in [1.54, 1.807) is 36.4 Å². The predicted molar refractivity (Wildman–Crippen MR) is 123 cm³/mol. The molecule has 0 spiro atoms. The summed E-state index contributed by atoms with van der Waals surface area (Å²) < 4.78 is 0. The third kappa shape index (κ3) is 4.22. The fraction of sp³-hybridized carbons (Fsp3) is 0.0800. The molecule has 32 heavy (non-hydrogen) atoms. The highest BCUT2D eigenvalue weighted by molar-refractivity contribution is 6.05. The van der Waals surface area contributed by atoms with Crippen molar-refractivity contribution in [3.05, 3.63) is 89.5 Å². The van der Waals surface area contributed by atoms with Gasteiger partial charge in [0.05, 0.1) is 5.69 Å². The largest absolute Gasteiger partial charge is 0.506 e. The van der Waals surface area contributed by atoms with Gasteiger partial charge in [-0.1, -0.05) is 54.1 Å². The first kappa shape index (κ1) is 20.9. The van der Waals surface area contributed by atoms with Gasteiger partial charge in [-0.25, -0.2) is 10.3 Å². The molecule has 0 radical (unpaired) electrons. The number of fused-ring (bicyclic) bond motifs is 1. The SMILES string of the molecule is Cc1ccc(NOC(=O)c2cc3ccccc3c(N=Nc3ccccc3O)c2O)c(C)c1. The number of nitrogens with zero attached hydrogens (tertiary/aromatic N) is 2. The molecule has 0 atom stereocenters. The van der Waals surface area contributed by atoms with E-state index < -0.39 is 5.97 Å². The number of nitrogens with one attached hydrogen (secondary N) is 1. The summed E-state index contributed by atoms with van der Waals surface area (Å²) in [6, 6.07) is 20.8. The first-order valence-corrected chi connectivity index (χ1v) is 9.93. The average Bonchev–Trinajstić information content (AvgIpc) is 2.78. The molecule has 7 heteroatoms. The van der Waals surface area contributed by atoms with Crippen molar-refractivity contribution in [1.82, 2.24) is 0 Å². The number of carbonyl (C=O) groups is 1. The lowest BCUT2D eigenvalue weighted by molar-refractivity contribution is 0.0593. The minimum Gasteiger partial charge on any atom is -0.506 e. The lowest BCUT2D eigenvalue weighted by Crippen LogP contribution is -2.12. The molecular weight excluding hydrogens is 406 g/mol. The number of rotatable bonds is 5. The molecule has 0 aliphatic rings. The summed E-state index contributed by atoms with van der Waals surface area (Å²) in [4.78, 5) is 18.0. The number of phenols is 2. The maximum absolute atomic E-state index is 12.8. The van der Waals surface area contributed by atoms with Crippen LogP contribution in [0.1, 0.15) is 21.5 Å². The molecule has 0 saturated carbocycles. The van der Waals surface area contributed by atoms with E-state index in [1.165, 1.54) is 12.1 Å². The first-order chi connectivity index (χ1) is 15.4. The van der Waals surface area contributed by atoms with Gasteiger partial charge in [0.2, 0.25) is 0 Å². The van der Waals surface area contributed by atoms with Crippen molar-refractivity contribution in [3.8, 4) is 11.5 Å². The molecule has 4 aromatic rings. The molecule has 0 unspecified atom stereocenters. The van der Waals surface area contributed by atoms with Crippen molar-refractivity contribution in [2.24, 2.45) is 10.2 Å². The second-order valence-corrected chi connectivity index (χ2v) is 7.34. The van der Waals surface area contributed by atoms with Gasteiger partial charge in [0.15, 0.2) is 5.75 Å². The Morgan fingerprint density at radius 1 is 0.906 bits per heavy atom. The number of anilines is 1. The third-order valence-electron chi connectivity index (χ3n) is 4.99. The summed E-state index contributed by atoms with van der Waals surface area (Å²) in [6.45, 7) is 3.87. The Kier molecular flexibility index (Phi) is 5.72. The molecular formula is C25H21N3O4. The molecule has 160 valence electrons. The van der Waals surface area contributed by atoms with Crippen LogP contribution in [0.5, 0.6) is 11.5 Å². The number of benzene rings is 4. The van der Waals surface area contributed by atoms with Gasteiger partial charge in [0.25, 0.3) is 0 Å². The number of phenolic OH excluding ortho intramolecular Hbond substituents is 2. The van der Waals surface area contributed by atoms with Crippen molar-refractivity contribution >= 4 is 33.8 Å². The van der Waals surface area contributed by atoms with Crippen LogP contribution in [-0.2, 0) is 4.84 Å². The molecule has 4 rings (SSSR count). The molecule has 0 fully saturated rings. The topological polar surface area (TPSA) is 104 Å². The maximum Gasteiger partial charge on any atom is 0.366 e. The zero-order valence-electron chi connectivity index (χ0n) is 17.5. The summed E-state index contributed by atoms with van der Waals surface area (Å²) in [6.07, 6.45) is 0. The van der Waals surface area contributed by atoms with E-state index in [1.807, 2.05) is 38.1 Å². The fourth-order valence-electron chi connectivity index (χ4n) is 3.31. The Morgan fingerprint density at radius 3 is 2.44 bits per heavy atom. The highest BCUT2D eigenvalue weighted by atomic mass is 16.7. The van der Waals surface area contributed by atoms with Crippen molar-refractivity contribution in [2.45, 2.75) is 13.8 Å². The lowest BCUT2D eigenvalue weighted by Gasteiger charge is -2.12. The van der Waals surface area contributed by atoms with E-state index >= 15 is 0 Å². The van der Waals surface area contributed by atoms with Gasteiger partial charge in [-0.2, -0.15) is 0 Å². The zero-order valence-corrected chi connectivity index (χ0v) is 17.5. The molecule has 3 N–H and O–H groups in total. The maximum atomic E-state index is 12.8. The quantitative estimate of drug-likeness (QED) is 0.250. The van der Waals surface area contributed by atoms with Gasteiger partial charge >= 0.3 is 5.97 Å². The minimum absolute atomic E-state index is 0.0479. The zero-order chi connectivity index (χ0) is 22.7. The third-order valence-corrected chi connectivity index (χ3v) is 4.99. The Hall–Kier alpha value is -4.39. The van der Waals surface area contributed by atoms with E-state index in [-0.39, 0.29) is 28.4 Å². The van der Waals surface area contributed by atoms with Crippen LogP contribution in [0.25, 0.3) is 10.8 Å². The minimum atomic E-state index is -0.771. The predicted octanol–water partition coefficient (Wildman–Crippen LogP) is 6.47. The molecule has 0 heterocycles. The van der Waals surface area contributed by atoms with E-state index in [4.69, 9.17) is 4.84 Å². The Labute approximate surface area is 184 Å². The molecule has 0 aromatic heterocycles. The van der Waals surface area contributed by atoms with E-state index in [0.717, 1.165) is 11.1 Å². The van der Waals surface area contributed by atoms with Crippen molar-refractivity contribution < 1.29 is 19.8 Å². The monoisotopic (exact) mass is 427 g/mol. The number of hydrogen-bond donors (Lipinski definition) is 3. The Morgan fingerprint density at radius 2 is 1.66 bits per heavy atom. The van der Waals surface area contributed by atoms with Crippen LogP contribution >= 0.6 is 0 Å². The van der Waals surface area contributed by atoms with Gasteiger partial charge in [-0.15, -0.1) is 10.2 Å². The normalized spacial score (nSPS) is 11.1. The molecule has 7 nitrogen and oxygen atoms in total. The van der Waals surface area contributed by atoms with Crippen LogP contribution in [0, 0.1) is 13.8 Å². The van der Waals surface area contributed by atoms with E-state index in [0.29, 0.717) is 16.5 Å². The lowest BCUT2D eigenvalue weighted by atomic mass is 10.0. The van der Waals surface area contributed by atoms with Crippen LogP contribution in [0.2, 0.25) is 0 Å². The van der Waals surface area contributed by atoms with E-state index in [9.17, 15) is 15.0 Å². The number of carbonyl (C=O) groups excluding carboxylic acids is 1.